The first-order valence-corrected chi connectivity index (χ1v) is 12.9. The number of H-pyrrole nitrogens is 2. The van der Waals surface area contributed by atoms with Gasteiger partial charge in [0.05, 0.1) is 12.8 Å². The summed E-state index contributed by atoms with van der Waals surface area (Å²) in [6.07, 6.45) is 7.89. The van der Waals surface area contributed by atoms with Gasteiger partial charge in [0.2, 0.25) is 5.52 Å². The molecule has 5 rings (SSSR count). The molecule has 11 nitrogen and oxygen atoms in total. The molecule has 1 aromatic carbocycles. The predicted molar refractivity (Wildman–Crippen MR) is 140 cm³/mol. The average Bonchev–Trinajstić information content (AvgIpc) is 3.39. The molecule has 1 aliphatic heterocycles. The summed E-state index contributed by atoms with van der Waals surface area (Å²) in [4.78, 5) is 32.1. The molecular weight excluding hydrogens is 458 g/mol. The Morgan fingerprint density at radius 2 is 1.97 bits per heavy atom. The minimum atomic E-state index is 0.00302. The van der Waals surface area contributed by atoms with Gasteiger partial charge in [0.15, 0.2) is 12.1 Å². The number of anilines is 4. The van der Waals surface area contributed by atoms with Crippen molar-refractivity contribution in [1.82, 2.24) is 25.2 Å². The molecule has 0 unspecified atom stereocenters. The maximum absolute atomic E-state index is 12.1. The summed E-state index contributed by atoms with van der Waals surface area (Å²) >= 11 is 0. The summed E-state index contributed by atoms with van der Waals surface area (Å²) in [6, 6.07) is 6.51. The highest BCUT2D eigenvalue weighted by Gasteiger charge is 2.23. The van der Waals surface area contributed by atoms with Crippen LogP contribution in [0.4, 0.5) is 27.9 Å². The summed E-state index contributed by atoms with van der Waals surface area (Å²) in [5, 5.41) is 9.85. The Bertz CT molecular complexity index is 1180. The molecule has 0 bridgehead atoms. The van der Waals surface area contributed by atoms with E-state index in [2.05, 4.69) is 41.9 Å². The van der Waals surface area contributed by atoms with Gasteiger partial charge in [-0.05, 0) is 31.9 Å². The largest absolute Gasteiger partial charge is 0.494 e. The second-order valence-corrected chi connectivity index (χ2v) is 9.35. The topological polar surface area (TPSA) is 125 Å². The number of ether oxygens (including phenoxy) is 1. The minimum Gasteiger partial charge on any atom is -0.494 e. The Kier molecular flexibility index (Phi) is 7.24. The highest BCUT2D eigenvalue weighted by atomic mass is 16.5. The number of aromatic nitrogens is 4. The second-order valence-electron chi connectivity index (χ2n) is 9.35. The van der Waals surface area contributed by atoms with E-state index >= 15 is 0 Å². The third kappa shape index (κ3) is 5.24. The number of piperazine rings is 1. The molecule has 11 heteroatoms. The maximum Gasteiger partial charge on any atom is 0.317 e. The highest BCUT2D eigenvalue weighted by molar-refractivity contribution is 5.82. The van der Waals surface area contributed by atoms with E-state index in [1.165, 1.54) is 19.3 Å². The van der Waals surface area contributed by atoms with E-state index in [9.17, 15) is 4.79 Å². The number of amides is 2. The molecular formula is C25H36N9O2+. The fourth-order valence-electron chi connectivity index (χ4n) is 5.01. The third-order valence-corrected chi connectivity index (χ3v) is 6.97. The smallest absolute Gasteiger partial charge is 0.317 e. The summed E-state index contributed by atoms with van der Waals surface area (Å²) in [7, 11) is 1.66. The maximum atomic E-state index is 12.1. The molecule has 2 aromatic heterocycles. The van der Waals surface area contributed by atoms with Crippen LogP contribution in [0.1, 0.15) is 39.0 Å². The first-order chi connectivity index (χ1) is 17.6. The molecule has 3 aromatic rings. The molecule has 2 amide bonds. The van der Waals surface area contributed by atoms with Crippen molar-refractivity contribution in [1.29, 1.82) is 0 Å². The Hall–Kier alpha value is -3.76. The first kappa shape index (κ1) is 24.0. The van der Waals surface area contributed by atoms with Crippen molar-refractivity contribution >= 4 is 40.3 Å². The Morgan fingerprint density at radius 3 is 2.72 bits per heavy atom. The summed E-state index contributed by atoms with van der Waals surface area (Å²) in [5.41, 5.74) is 3.47. The zero-order chi connectivity index (χ0) is 24.9. The zero-order valence-corrected chi connectivity index (χ0v) is 21.1. The van der Waals surface area contributed by atoms with Crippen molar-refractivity contribution in [3.63, 3.8) is 0 Å². The highest BCUT2D eigenvalue weighted by Crippen LogP contribution is 2.33. The molecule has 1 aliphatic carbocycles. The predicted octanol–water partition coefficient (Wildman–Crippen LogP) is 3.12. The SMILES string of the molecule is CCNC(=O)N1CCN(c2ccc(Nc3nc(NC4CCCCC4)c4[nH]c[nH+]c4n3)c(OC)c2)CC1. The van der Waals surface area contributed by atoms with Gasteiger partial charge in [-0.25, -0.2) is 9.78 Å². The van der Waals surface area contributed by atoms with E-state index in [0.717, 1.165) is 54.3 Å². The number of benzene rings is 1. The van der Waals surface area contributed by atoms with Gasteiger partial charge < -0.3 is 30.5 Å². The fraction of sp³-hybridized carbons (Fsp3) is 0.520. The molecule has 36 heavy (non-hydrogen) atoms. The number of imidazole rings is 1. The van der Waals surface area contributed by atoms with Crippen LogP contribution in [0.2, 0.25) is 0 Å². The van der Waals surface area contributed by atoms with Gasteiger partial charge in [0.25, 0.3) is 0 Å². The third-order valence-electron chi connectivity index (χ3n) is 6.97. The van der Waals surface area contributed by atoms with Gasteiger partial charge in [-0.3, -0.25) is 4.98 Å². The van der Waals surface area contributed by atoms with Crippen molar-refractivity contribution in [3.05, 3.63) is 24.5 Å². The van der Waals surface area contributed by atoms with Crippen LogP contribution in [0.25, 0.3) is 11.2 Å². The lowest BCUT2D eigenvalue weighted by Crippen LogP contribution is -2.51. The molecule has 5 N–H and O–H groups in total. The van der Waals surface area contributed by atoms with Gasteiger partial charge in [-0.1, -0.05) is 24.2 Å². The van der Waals surface area contributed by atoms with Crippen LogP contribution in [-0.2, 0) is 0 Å². The fourth-order valence-corrected chi connectivity index (χ4v) is 5.01. The van der Waals surface area contributed by atoms with E-state index < -0.39 is 0 Å². The number of nitrogens with one attached hydrogen (secondary N) is 5. The monoisotopic (exact) mass is 494 g/mol. The summed E-state index contributed by atoms with van der Waals surface area (Å²) in [6.45, 7) is 5.49. The average molecular weight is 495 g/mol. The van der Waals surface area contributed by atoms with E-state index in [-0.39, 0.29) is 6.03 Å². The van der Waals surface area contributed by atoms with Crippen LogP contribution < -0.4 is 30.6 Å². The molecule has 0 spiro atoms. The molecule has 1 saturated carbocycles. The number of carbonyl (C=O) groups is 1. The van der Waals surface area contributed by atoms with Crippen molar-refractivity contribution in [3.8, 4) is 5.75 Å². The number of nitrogens with zero attached hydrogens (tertiary/aromatic N) is 4. The number of urea groups is 1. The minimum absolute atomic E-state index is 0.00302. The lowest BCUT2D eigenvalue weighted by molar-refractivity contribution is -0.347. The molecule has 0 radical (unpaired) electrons. The molecule has 2 aliphatic rings. The molecule has 2 fully saturated rings. The standard InChI is InChI=1S/C25H35N9O2/c1-3-26-25(35)34-13-11-33(12-14-34)18-9-10-19(20(15-18)36-2)30-24-31-22-21(27-16-28-22)23(32-24)29-17-7-5-4-6-8-17/h9-10,15-17H,3-8,11-14H2,1-2H3,(H,26,35)(H3,27,28,29,30,31,32)/p+1. The van der Waals surface area contributed by atoms with Crippen LogP contribution >= 0.6 is 0 Å². The number of hydrogen-bond donors (Lipinski definition) is 4. The second kappa shape index (κ2) is 10.9. The van der Waals surface area contributed by atoms with Crippen molar-refractivity contribution in [2.45, 2.75) is 45.1 Å². The first-order valence-electron chi connectivity index (χ1n) is 12.9. The molecule has 0 atom stereocenters. The van der Waals surface area contributed by atoms with Crippen LogP contribution in [-0.4, -0.2) is 71.8 Å². The summed E-state index contributed by atoms with van der Waals surface area (Å²) in [5.74, 6) is 2.01. The van der Waals surface area contributed by atoms with Crippen LogP contribution in [0.5, 0.6) is 5.75 Å². The number of carbonyl (C=O) groups excluding carboxylic acids is 1. The molecule has 1 saturated heterocycles. The number of methoxy groups -OCH3 is 1. The summed E-state index contributed by atoms with van der Waals surface area (Å²) < 4.78 is 5.72. The lowest BCUT2D eigenvalue weighted by Gasteiger charge is -2.36. The number of aromatic amines is 2. The van der Waals surface area contributed by atoms with Gasteiger partial charge in [0, 0.05) is 50.5 Å². The lowest BCUT2D eigenvalue weighted by atomic mass is 9.95. The quantitative estimate of drug-likeness (QED) is 0.398. The van der Waals surface area contributed by atoms with Crippen LogP contribution in [0.15, 0.2) is 24.5 Å². The van der Waals surface area contributed by atoms with Crippen LogP contribution in [0.3, 0.4) is 0 Å². The van der Waals surface area contributed by atoms with Gasteiger partial charge in [-0.15, -0.1) is 0 Å². The Balaban J connectivity index is 1.31. The zero-order valence-electron chi connectivity index (χ0n) is 21.1. The van der Waals surface area contributed by atoms with E-state index in [4.69, 9.17) is 9.72 Å². The van der Waals surface area contributed by atoms with Gasteiger partial charge >= 0.3 is 17.6 Å². The number of fused-ring (bicyclic) bond motifs is 1. The Labute approximate surface area is 211 Å². The normalized spacial score (nSPS) is 16.7. The van der Waals surface area contributed by atoms with Gasteiger partial charge in [0.1, 0.15) is 5.75 Å². The van der Waals surface area contributed by atoms with E-state index in [1.807, 2.05) is 24.0 Å². The van der Waals surface area contributed by atoms with E-state index in [1.54, 1.807) is 13.4 Å². The Morgan fingerprint density at radius 1 is 1.17 bits per heavy atom. The number of rotatable bonds is 7. The van der Waals surface area contributed by atoms with Crippen molar-refractivity contribution in [2.24, 2.45) is 0 Å². The van der Waals surface area contributed by atoms with Crippen molar-refractivity contribution in [2.75, 3.05) is 55.4 Å². The van der Waals surface area contributed by atoms with Crippen LogP contribution in [0, 0.1) is 0 Å². The number of hydrogen-bond acceptors (Lipinski definition) is 7. The van der Waals surface area contributed by atoms with Crippen molar-refractivity contribution < 1.29 is 14.5 Å². The van der Waals surface area contributed by atoms with E-state index in [0.29, 0.717) is 37.4 Å². The van der Waals surface area contributed by atoms with Gasteiger partial charge in [-0.2, -0.15) is 4.98 Å². The molecule has 3 heterocycles. The molecule has 192 valence electrons.